The van der Waals surface area contributed by atoms with Crippen LogP contribution >= 0.6 is 11.8 Å². The molecule has 15 heavy (non-hydrogen) atoms. The largest absolute Gasteiger partial charge is 0.370 e. The maximum absolute atomic E-state index is 5.99. The van der Waals surface area contributed by atoms with Gasteiger partial charge in [-0.3, -0.25) is 0 Å². The Morgan fingerprint density at radius 2 is 2.00 bits per heavy atom. The van der Waals surface area contributed by atoms with Crippen LogP contribution in [0.4, 0.5) is 5.69 Å². The van der Waals surface area contributed by atoms with Gasteiger partial charge in [0.25, 0.3) is 0 Å². The Hall–Kier alpha value is -1.22. The highest BCUT2D eigenvalue weighted by Crippen LogP contribution is 2.28. The van der Waals surface area contributed by atoms with Crippen LogP contribution < -0.4 is 4.90 Å². The molecule has 0 saturated carbocycles. The number of aromatic nitrogens is 2. The minimum Gasteiger partial charge on any atom is -0.370 e. The minimum absolute atomic E-state index is 0.987. The molecule has 0 amide bonds. The molecular formula is C11H12ClN3. The molecule has 1 aliphatic heterocycles. The molecule has 3 nitrogen and oxygen atoms in total. The lowest BCUT2D eigenvalue weighted by atomic mass is 10.2. The van der Waals surface area contributed by atoms with Crippen molar-refractivity contribution in [1.82, 2.24) is 9.07 Å². The molecule has 2 heterocycles. The molecule has 0 bridgehead atoms. The summed E-state index contributed by atoms with van der Waals surface area (Å²) in [5.74, 6) is 0. The van der Waals surface area contributed by atoms with E-state index >= 15 is 0 Å². The zero-order valence-electron chi connectivity index (χ0n) is 8.36. The lowest BCUT2D eigenvalue weighted by molar-refractivity contribution is 0.949. The number of anilines is 1. The monoisotopic (exact) mass is 221 g/mol. The van der Waals surface area contributed by atoms with Crippen LogP contribution in [0.5, 0.6) is 0 Å². The van der Waals surface area contributed by atoms with Crippen LogP contribution in [-0.4, -0.2) is 22.2 Å². The zero-order chi connectivity index (χ0) is 10.3. The minimum atomic E-state index is 0.987. The number of hydrogen-bond donors (Lipinski definition) is 0. The molecule has 2 aromatic rings. The molecule has 0 spiro atoms. The van der Waals surface area contributed by atoms with Crippen LogP contribution in [0.3, 0.4) is 0 Å². The molecule has 78 valence electrons. The number of rotatable bonds is 1. The predicted molar refractivity (Wildman–Crippen MR) is 62.4 cm³/mol. The van der Waals surface area contributed by atoms with Crippen molar-refractivity contribution >= 4 is 28.5 Å². The van der Waals surface area contributed by atoms with E-state index in [0.29, 0.717) is 0 Å². The second kappa shape index (κ2) is 3.42. The summed E-state index contributed by atoms with van der Waals surface area (Å²) in [5.41, 5.74) is 3.21. The van der Waals surface area contributed by atoms with Gasteiger partial charge in [-0.2, -0.15) is 0 Å². The van der Waals surface area contributed by atoms with E-state index in [1.807, 2.05) is 12.1 Å². The first-order valence-corrected chi connectivity index (χ1v) is 5.57. The zero-order valence-corrected chi connectivity index (χ0v) is 9.11. The van der Waals surface area contributed by atoms with Gasteiger partial charge in [-0.25, -0.2) is 9.07 Å². The topological polar surface area (TPSA) is 21.1 Å². The maximum atomic E-state index is 5.99. The average Bonchev–Trinajstić information content (AvgIpc) is 2.88. The van der Waals surface area contributed by atoms with Gasteiger partial charge in [0.2, 0.25) is 0 Å². The Kier molecular flexibility index (Phi) is 2.06. The van der Waals surface area contributed by atoms with Crippen molar-refractivity contribution in [2.24, 2.45) is 0 Å². The summed E-state index contributed by atoms with van der Waals surface area (Å²) in [6.07, 6.45) is 4.21. The number of nitrogens with zero attached hydrogens (tertiary/aromatic N) is 3. The number of para-hydroxylation sites is 1. The van der Waals surface area contributed by atoms with E-state index in [9.17, 15) is 0 Å². The van der Waals surface area contributed by atoms with E-state index < -0.39 is 0 Å². The third-order valence-corrected chi connectivity index (χ3v) is 3.23. The van der Waals surface area contributed by atoms with Gasteiger partial charge >= 0.3 is 0 Å². The number of halogens is 1. The van der Waals surface area contributed by atoms with E-state index in [0.717, 1.165) is 24.1 Å². The van der Waals surface area contributed by atoms with E-state index in [4.69, 9.17) is 11.8 Å². The molecule has 1 aliphatic rings. The molecule has 1 aromatic carbocycles. The highest BCUT2D eigenvalue weighted by molar-refractivity contribution is 6.19. The van der Waals surface area contributed by atoms with Crippen molar-refractivity contribution in [1.29, 1.82) is 0 Å². The quantitative estimate of drug-likeness (QED) is 0.738. The number of imidazole rings is 1. The van der Waals surface area contributed by atoms with Gasteiger partial charge in [0, 0.05) is 24.9 Å². The molecule has 1 saturated heterocycles. The van der Waals surface area contributed by atoms with Crippen molar-refractivity contribution in [3.05, 3.63) is 24.5 Å². The molecule has 0 aliphatic carbocycles. The normalized spacial score (nSPS) is 16.5. The van der Waals surface area contributed by atoms with Gasteiger partial charge in [-0.05, 0) is 25.0 Å². The van der Waals surface area contributed by atoms with Crippen LogP contribution in [0.15, 0.2) is 24.5 Å². The lowest BCUT2D eigenvalue weighted by Gasteiger charge is -2.17. The lowest BCUT2D eigenvalue weighted by Crippen LogP contribution is -2.17. The molecule has 3 rings (SSSR count). The van der Waals surface area contributed by atoms with Crippen LogP contribution in [0.2, 0.25) is 0 Å². The molecule has 0 unspecified atom stereocenters. The molecule has 0 atom stereocenters. The van der Waals surface area contributed by atoms with Crippen LogP contribution in [-0.2, 0) is 0 Å². The summed E-state index contributed by atoms with van der Waals surface area (Å²) >= 11 is 5.99. The van der Waals surface area contributed by atoms with Gasteiger partial charge in [-0.1, -0.05) is 6.07 Å². The maximum Gasteiger partial charge on any atom is 0.113 e. The van der Waals surface area contributed by atoms with Crippen molar-refractivity contribution in [3.63, 3.8) is 0 Å². The summed E-state index contributed by atoms with van der Waals surface area (Å²) in [6, 6.07) is 6.16. The van der Waals surface area contributed by atoms with Crippen molar-refractivity contribution < 1.29 is 0 Å². The molecule has 1 fully saturated rings. The predicted octanol–water partition coefficient (Wildman–Crippen LogP) is 2.64. The van der Waals surface area contributed by atoms with Gasteiger partial charge in [0.15, 0.2) is 0 Å². The van der Waals surface area contributed by atoms with E-state index in [-0.39, 0.29) is 0 Å². The fraction of sp³-hybridized carbons (Fsp3) is 0.364. The molecular weight excluding hydrogens is 210 g/mol. The number of benzene rings is 1. The van der Waals surface area contributed by atoms with Crippen LogP contribution in [0.1, 0.15) is 12.8 Å². The summed E-state index contributed by atoms with van der Waals surface area (Å²) in [6.45, 7) is 2.27. The second-order valence-corrected chi connectivity index (χ2v) is 4.26. The Labute approximate surface area is 93.4 Å². The Balaban J connectivity index is 2.17. The fourth-order valence-corrected chi connectivity index (χ4v) is 2.39. The van der Waals surface area contributed by atoms with Crippen molar-refractivity contribution in [2.75, 3.05) is 18.0 Å². The first kappa shape index (κ1) is 9.04. The SMILES string of the molecule is Cln1cnc2c(N3CCCC3)cccc21. The van der Waals surface area contributed by atoms with Gasteiger partial charge in [0.05, 0.1) is 11.2 Å². The van der Waals surface area contributed by atoms with Crippen molar-refractivity contribution in [2.45, 2.75) is 12.8 Å². The summed E-state index contributed by atoms with van der Waals surface area (Å²) in [5, 5.41) is 0. The highest BCUT2D eigenvalue weighted by Gasteiger charge is 2.16. The van der Waals surface area contributed by atoms with Gasteiger partial charge < -0.3 is 4.90 Å². The standard InChI is InChI=1S/C11H12ClN3/c12-15-8-13-11-9(4-3-5-10(11)15)14-6-1-2-7-14/h3-5,8H,1-2,6-7H2. The molecule has 4 heteroatoms. The fourth-order valence-electron chi connectivity index (χ4n) is 2.21. The van der Waals surface area contributed by atoms with E-state index in [1.165, 1.54) is 18.5 Å². The molecule has 1 aromatic heterocycles. The third kappa shape index (κ3) is 1.38. The highest BCUT2D eigenvalue weighted by atomic mass is 35.5. The van der Waals surface area contributed by atoms with Crippen LogP contribution in [0.25, 0.3) is 11.0 Å². The molecule has 0 N–H and O–H groups in total. The first-order chi connectivity index (χ1) is 7.36. The Morgan fingerprint density at radius 1 is 1.20 bits per heavy atom. The second-order valence-electron chi connectivity index (χ2n) is 3.89. The van der Waals surface area contributed by atoms with Crippen LogP contribution in [0, 0.1) is 0 Å². The van der Waals surface area contributed by atoms with Crippen molar-refractivity contribution in [3.8, 4) is 0 Å². The third-order valence-electron chi connectivity index (χ3n) is 2.96. The van der Waals surface area contributed by atoms with Gasteiger partial charge in [0.1, 0.15) is 11.8 Å². The summed E-state index contributed by atoms with van der Waals surface area (Å²) in [7, 11) is 0. The average molecular weight is 222 g/mol. The van der Waals surface area contributed by atoms with E-state index in [1.54, 1.807) is 10.4 Å². The Bertz CT molecular complexity index is 486. The Morgan fingerprint density at radius 3 is 2.80 bits per heavy atom. The summed E-state index contributed by atoms with van der Waals surface area (Å²) < 4.78 is 1.55. The number of hydrogen-bond acceptors (Lipinski definition) is 2. The number of fused-ring (bicyclic) bond motifs is 1. The smallest absolute Gasteiger partial charge is 0.113 e. The first-order valence-electron chi connectivity index (χ1n) is 5.23. The molecule has 0 radical (unpaired) electrons. The van der Waals surface area contributed by atoms with E-state index in [2.05, 4.69) is 16.0 Å². The van der Waals surface area contributed by atoms with Gasteiger partial charge in [-0.15, -0.1) is 0 Å². The summed E-state index contributed by atoms with van der Waals surface area (Å²) in [4.78, 5) is 6.73.